The van der Waals surface area contributed by atoms with Gasteiger partial charge < -0.3 is 5.32 Å². The van der Waals surface area contributed by atoms with E-state index < -0.39 is 0 Å². The Morgan fingerprint density at radius 2 is 1.70 bits per heavy atom. The fourth-order valence-electron chi connectivity index (χ4n) is 2.48. The van der Waals surface area contributed by atoms with Crippen LogP contribution in [0.5, 0.6) is 0 Å². The minimum absolute atomic E-state index is 0.173. The number of benzene rings is 2. The molecule has 0 saturated carbocycles. The quantitative estimate of drug-likeness (QED) is 0.782. The second kappa shape index (κ2) is 7.81. The van der Waals surface area contributed by atoms with Crippen molar-refractivity contribution in [3.05, 3.63) is 71.5 Å². The van der Waals surface area contributed by atoms with Crippen LogP contribution in [0.2, 0.25) is 0 Å². The smallest absolute Gasteiger partial charge is 0.123 e. The number of nitrogens with one attached hydrogen (secondary N) is 1. The molecule has 0 fully saturated rings. The molecule has 1 atom stereocenters. The van der Waals surface area contributed by atoms with Crippen LogP contribution in [0.25, 0.3) is 0 Å². The minimum atomic E-state index is -0.173. The first kappa shape index (κ1) is 14.7. The lowest BCUT2D eigenvalue weighted by molar-refractivity contribution is 0.497. The maximum atomic E-state index is 13.0. The van der Waals surface area contributed by atoms with Crippen molar-refractivity contribution >= 4 is 0 Å². The third-order valence-corrected chi connectivity index (χ3v) is 3.52. The lowest BCUT2D eigenvalue weighted by Gasteiger charge is -2.18. The fraction of sp³-hybridized carbons (Fsp3) is 0.333. The van der Waals surface area contributed by atoms with Gasteiger partial charge in [-0.1, -0.05) is 49.4 Å². The molecule has 0 saturated heterocycles. The van der Waals surface area contributed by atoms with Gasteiger partial charge in [0.15, 0.2) is 0 Å². The Bertz CT molecular complexity index is 493. The molecule has 0 aliphatic rings. The molecule has 0 radical (unpaired) electrons. The molecular formula is C18H22FN. The summed E-state index contributed by atoms with van der Waals surface area (Å²) in [7, 11) is 0. The van der Waals surface area contributed by atoms with Crippen LogP contribution < -0.4 is 5.32 Å². The lowest BCUT2D eigenvalue weighted by atomic mass is 9.99. The van der Waals surface area contributed by atoms with Crippen LogP contribution in [-0.2, 0) is 6.42 Å². The zero-order valence-corrected chi connectivity index (χ0v) is 12.0. The lowest BCUT2D eigenvalue weighted by Crippen LogP contribution is -2.21. The van der Waals surface area contributed by atoms with E-state index in [-0.39, 0.29) is 5.82 Å². The molecule has 1 nitrogen and oxygen atoms in total. The third kappa shape index (κ3) is 4.46. The van der Waals surface area contributed by atoms with E-state index in [0.717, 1.165) is 25.8 Å². The molecule has 2 aromatic rings. The van der Waals surface area contributed by atoms with E-state index >= 15 is 0 Å². The Balaban J connectivity index is 1.90. The van der Waals surface area contributed by atoms with Crippen LogP contribution in [0.4, 0.5) is 4.39 Å². The Morgan fingerprint density at radius 3 is 2.35 bits per heavy atom. The second-order valence-corrected chi connectivity index (χ2v) is 5.04. The van der Waals surface area contributed by atoms with Crippen molar-refractivity contribution in [3.8, 4) is 0 Å². The van der Waals surface area contributed by atoms with Crippen molar-refractivity contribution in [3.63, 3.8) is 0 Å². The highest BCUT2D eigenvalue weighted by Gasteiger charge is 2.09. The van der Waals surface area contributed by atoms with Crippen LogP contribution in [0.1, 0.15) is 36.9 Å². The molecule has 0 aliphatic heterocycles. The molecular weight excluding hydrogens is 249 g/mol. The minimum Gasteiger partial charge on any atom is -0.310 e. The SMILES string of the molecule is CCNC(CCCc1ccccc1)c1ccc(F)cc1. The van der Waals surface area contributed by atoms with Crippen molar-refractivity contribution in [2.24, 2.45) is 0 Å². The van der Waals surface area contributed by atoms with Crippen molar-refractivity contribution in [1.29, 1.82) is 0 Å². The van der Waals surface area contributed by atoms with Crippen LogP contribution >= 0.6 is 0 Å². The van der Waals surface area contributed by atoms with Crippen molar-refractivity contribution < 1.29 is 4.39 Å². The summed E-state index contributed by atoms with van der Waals surface area (Å²) in [5.41, 5.74) is 2.54. The molecule has 0 amide bonds. The predicted octanol–water partition coefficient (Wildman–Crippen LogP) is 4.50. The average Bonchev–Trinajstić information content (AvgIpc) is 2.48. The summed E-state index contributed by atoms with van der Waals surface area (Å²) in [5.74, 6) is -0.173. The highest BCUT2D eigenvalue weighted by molar-refractivity contribution is 5.20. The van der Waals surface area contributed by atoms with Gasteiger partial charge in [0.2, 0.25) is 0 Å². The predicted molar refractivity (Wildman–Crippen MR) is 82.2 cm³/mol. The monoisotopic (exact) mass is 271 g/mol. The van der Waals surface area contributed by atoms with Gasteiger partial charge in [0, 0.05) is 6.04 Å². The van der Waals surface area contributed by atoms with Crippen LogP contribution in [0.15, 0.2) is 54.6 Å². The van der Waals surface area contributed by atoms with Gasteiger partial charge >= 0.3 is 0 Å². The van der Waals surface area contributed by atoms with Gasteiger partial charge in [0.05, 0.1) is 0 Å². The number of rotatable bonds is 7. The second-order valence-electron chi connectivity index (χ2n) is 5.04. The Kier molecular flexibility index (Phi) is 5.75. The zero-order chi connectivity index (χ0) is 14.2. The molecule has 106 valence electrons. The van der Waals surface area contributed by atoms with Crippen molar-refractivity contribution in [2.75, 3.05) is 6.54 Å². The van der Waals surface area contributed by atoms with E-state index in [1.165, 1.54) is 23.3 Å². The molecule has 0 aromatic heterocycles. The topological polar surface area (TPSA) is 12.0 Å². The van der Waals surface area contributed by atoms with Gasteiger partial charge in [-0.25, -0.2) is 4.39 Å². The highest BCUT2D eigenvalue weighted by atomic mass is 19.1. The Labute approximate surface area is 120 Å². The van der Waals surface area contributed by atoms with Gasteiger partial charge in [-0.2, -0.15) is 0 Å². The molecule has 20 heavy (non-hydrogen) atoms. The highest BCUT2D eigenvalue weighted by Crippen LogP contribution is 2.20. The van der Waals surface area contributed by atoms with E-state index in [1.54, 1.807) is 0 Å². The molecule has 1 unspecified atom stereocenters. The van der Waals surface area contributed by atoms with E-state index in [4.69, 9.17) is 0 Å². The number of hydrogen-bond donors (Lipinski definition) is 1. The van der Waals surface area contributed by atoms with Crippen LogP contribution in [-0.4, -0.2) is 6.54 Å². The Hall–Kier alpha value is -1.67. The van der Waals surface area contributed by atoms with Gasteiger partial charge in [-0.3, -0.25) is 0 Å². The van der Waals surface area contributed by atoms with E-state index in [9.17, 15) is 4.39 Å². The third-order valence-electron chi connectivity index (χ3n) is 3.52. The fourth-order valence-corrected chi connectivity index (χ4v) is 2.48. The first-order chi connectivity index (χ1) is 9.79. The molecule has 1 N–H and O–H groups in total. The van der Waals surface area contributed by atoms with E-state index in [2.05, 4.69) is 36.5 Å². The molecule has 0 heterocycles. The van der Waals surface area contributed by atoms with Crippen molar-refractivity contribution in [1.82, 2.24) is 5.32 Å². The standard InChI is InChI=1S/C18H22FN/c1-2-20-18(16-11-13-17(19)14-12-16)10-6-9-15-7-4-3-5-8-15/h3-5,7-8,11-14,18,20H,2,6,9-10H2,1H3. The first-order valence-corrected chi connectivity index (χ1v) is 7.32. The molecule has 2 rings (SSSR count). The van der Waals surface area contributed by atoms with Crippen LogP contribution in [0.3, 0.4) is 0 Å². The average molecular weight is 271 g/mol. The summed E-state index contributed by atoms with van der Waals surface area (Å²) in [6.45, 7) is 3.03. The Morgan fingerprint density at radius 1 is 1.00 bits per heavy atom. The number of hydrogen-bond acceptors (Lipinski definition) is 1. The number of aryl methyl sites for hydroxylation is 1. The molecule has 2 heteroatoms. The summed E-state index contributed by atoms with van der Waals surface area (Å²) >= 11 is 0. The van der Waals surface area contributed by atoms with Gasteiger partial charge in [-0.05, 0) is 49.1 Å². The first-order valence-electron chi connectivity index (χ1n) is 7.32. The summed E-state index contributed by atoms with van der Waals surface area (Å²) in [4.78, 5) is 0. The summed E-state index contributed by atoms with van der Waals surface area (Å²) in [5, 5.41) is 3.48. The maximum absolute atomic E-state index is 13.0. The normalized spacial score (nSPS) is 12.3. The zero-order valence-electron chi connectivity index (χ0n) is 12.0. The molecule has 0 aliphatic carbocycles. The molecule has 0 spiro atoms. The van der Waals surface area contributed by atoms with E-state index in [1.807, 2.05) is 18.2 Å². The summed E-state index contributed by atoms with van der Waals surface area (Å²) < 4.78 is 13.0. The van der Waals surface area contributed by atoms with Crippen molar-refractivity contribution in [2.45, 2.75) is 32.2 Å². The van der Waals surface area contributed by atoms with Crippen LogP contribution in [0, 0.1) is 5.82 Å². The molecule has 0 bridgehead atoms. The van der Waals surface area contributed by atoms with Gasteiger partial charge in [-0.15, -0.1) is 0 Å². The largest absolute Gasteiger partial charge is 0.310 e. The summed E-state index contributed by atoms with van der Waals surface area (Å²) in [6.07, 6.45) is 3.28. The van der Waals surface area contributed by atoms with Gasteiger partial charge in [0.25, 0.3) is 0 Å². The van der Waals surface area contributed by atoms with E-state index in [0.29, 0.717) is 6.04 Å². The number of halogens is 1. The van der Waals surface area contributed by atoms with Gasteiger partial charge in [0.1, 0.15) is 5.82 Å². The molecule has 2 aromatic carbocycles. The summed E-state index contributed by atoms with van der Waals surface area (Å²) in [6, 6.07) is 17.7. The maximum Gasteiger partial charge on any atom is 0.123 e.